The number of alkyl halides is 1. The standard InChI is InChI=1S/C12H20BBrO2/c1-9(2)10(3,4)16-13(15-9)12-5-11(6-12,7-12)8-14/h5-8H2,1-4H3. The molecule has 0 unspecified atom stereocenters. The summed E-state index contributed by atoms with van der Waals surface area (Å²) < 4.78 is 12.3. The third-order valence-corrected chi connectivity index (χ3v) is 6.41. The average Bonchev–Trinajstić information content (AvgIpc) is 2.16. The lowest BCUT2D eigenvalue weighted by atomic mass is 9.24. The summed E-state index contributed by atoms with van der Waals surface area (Å²) >= 11 is 3.62. The van der Waals surface area contributed by atoms with Gasteiger partial charge in [-0.15, -0.1) is 0 Å². The van der Waals surface area contributed by atoms with Crippen molar-refractivity contribution in [1.82, 2.24) is 0 Å². The van der Waals surface area contributed by atoms with Crippen LogP contribution in [0.1, 0.15) is 47.0 Å². The van der Waals surface area contributed by atoms with Crippen LogP contribution in [-0.2, 0) is 9.31 Å². The molecule has 0 N–H and O–H groups in total. The fourth-order valence-corrected chi connectivity index (χ4v) is 4.16. The van der Waals surface area contributed by atoms with Gasteiger partial charge in [0, 0.05) is 10.6 Å². The van der Waals surface area contributed by atoms with E-state index in [0.29, 0.717) is 10.7 Å². The van der Waals surface area contributed by atoms with Crippen molar-refractivity contribution in [3.8, 4) is 0 Å². The molecule has 2 bridgehead atoms. The summed E-state index contributed by atoms with van der Waals surface area (Å²) in [6.07, 6.45) is 3.84. The zero-order valence-corrected chi connectivity index (χ0v) is 12.2. The van der Waals surface area contributed by atoms with E-state index in [1.807, 2.05) is 0 Å². The minimum absolute atomic E-state index is 0.0263. The Labute approximate surface area is 107 Å². The summed E-state index contributed by atoms with van der Waals surface area (Å²) in [6.45, 7) is 8.55. The molecule has 0 amide bonds. The minimum Gasteiger partial charge on any atom is -0.403 e. The molecule has 1 saturated heterocycles. The lowest BCUT2D eigenvalue weighted by Gasteiger charge is -2.70. The third kappa shape index (κ3) is 1.21. The summed E-state index contributed by atoms with van der Waals surface area (Å²) in [5, 5.41) is 1.49. The summed E-state index contributed by atoms with van der Waals surface area (Å²) in [5.41, 5.74) is 0.243. The summed E-state index contributed by atoms with van der Waals surface area (Å²) in [6, 6.07) is 0. The van der Waals surface area contributed by atoms with Gasteiger partial charge in [0.25, 0.3) is 0 Å². The smallest absolute Gasteiger partial charge is 0.403 e. The zero-order chi connectivity index (χ0) is 11.8. The van der Waals surface area contributed by atoms with Gasteiger partial charge in [0.2, 0.25) is 0 Å². The molecule has 0 aromatic rings. The fourth-order valence-electron chi connectivity index (χ4n) is 3.57. The van der Waals surface area contributed by atoms with E-state index in [4.69, 9.17) is 9.31 Å². The lowest BCUT2D eigenvalue weighted by molar-refractivity contribution is -0.0883. The molecule has 90 valence electrons. The minimum atomic E-state index is -0.172. The normalized spacial score (nSPS) is 47.4. The first-order valence-corrected chi connectivity index (χ1v) is 7.28. The summed E-state index contributed by atoms with van der Waals surface area (Å²) in [5.74, 6) is 0. The first-order valence-electron chi connectivity index (χ1n) is 6.16. The molecule has 0 spiro atoms. The second kappa shape index (κ2) is 2.89. The van der Waals surface area contributed by atoms with Crippen LogP contribution < -0.4 is 0 Å². The molecular formula is C12H20BBrO2. The molecule has 4 heteroatoms. The Balaban J connectivity index is 1.73. The summed E-state index contributed by atoms with van der Waals surface area (Å²) in [4.78, 5) is 0. The molecule has 16 heavy (non-hydrogen) atoms. The topological polar surface area (TPSA) is 18.5 Å². The predicted molar refractivity (Wildman–Crippen MR) is 68.9 cm³/mol. The quantitative estimate of drug-likeness (QED) is 0.572. The molecule has 1 heterocycles. The van der Waals surface area contributed by atoms with Gasteiger partial charge in [-0.2, -0.15) is 0 Å². The average molecular weight is 287 g/mol. The first kappa shape index (κ1) is 11.5. The Bertz CT molecular complexity index is 304. The molecule has 0 aromatic heterocycles. The van der Waals surface area contributed by atoms with Crippen molar-refractivity contribution in [3.63, 3.8) is 0 Å². The Hall–Kier alpha value is 0.465. The molecule has 0 aromatic carbocycles. The molecule has 3 saturated carbocycles. The van der Waals surface area contributed by atoms with Gasteiger partial charge in [-0.25, -0.2) is 0 Å². The van der Waals surface area contributed by atoms with Gasteiger partial charge in [-0.05, 0) is 52.4 Å². The van der Waals surface area contributed by atoms with Gasteiger partial charge in [0.1, 0.15) is 0 Å². The largest absolute Gasteiger partial charge is 0.464 e. The van der Waals surface area contributed by atoms with Crippen LogP contribution in [0.4, 0.5) is 0 Å². The lowest BCUT2D eigenvalue weighted by Crippen LogP contribution is -2.64. The highest BCUT2D eigenvalue weighted by molar-refractivity contribution is 9.09. The van der Waals surface area contributed by atoms with E-state index in [9.17, 15) is 0 Å². The Kier molecular flexibility index (Phi) is 2.09. The van der Waals surface area contributed by atoms with Crippen molar-refractivity contribution in [2.75, 3.05) is 5.33 Å². The second-order valence-corrected chi connectivity index (χ2v) is 7.68. The van der Waals surface area contributed by atoms with Crippen molar-refractivity contribution in [1.29, 1.82) is 0 Å². The van der Waals surface area contributed by atoms with Crippen LogP contribution in [0, 0.1) is 5.41 Å². The van der Waals surface area contributed by atoms with Crippen molar-refractivity contribution >= 4 is 23.0 Å². The highest BCUT2D eigenvalue weighted by atomic mass is 79.9. The maximum atomic E-state index is 6.16. The van der Waals surface area contributed by atoms with Crippen LogP contribution in [-0.4, -0.2) is 23.7 Å². The van der Waals surface area contributed by atoms with Crippen LogP contribution in [0.3, 0.4) is 0 Å². The molecule has 2 nitrogen and oxygen atoms in total. The van der Waals surface area contributed by atoms with Gasteiger partial charge in [-0.3, -0.25) is 0 Å². The molecular weight excluding hydrogens is 267 g/mol. The van der Waals surface area contributed by atoms with E-state index >= 15 is 0 Å². The van der Waals surface area contributed by atoms with E-state index in [2.05, 4.69) is 43.6 Å². The highest BCUT2D eigenvalue weighted by Gasteiger charge is 2.75. The molecule has 3 aliphatic carbocycles. The second-order valence-electron chi connectivity index (χ2n) is 7.11. The number of hydrogen-bond acceptors (Lipinski definition) is 2. The predicted octanol–water partition coefficient (Wildman–Crippen LogP) is 3.40. The van der Waals surface area contributed by atoms with Gasteiger partial charge < -0.3 is 9.31 Å². The SMILES string of the molecule is CC1(C)OB(C23CC(CBr)(C2)C3)OC1(C)C. The molecule has 1 aliphatic heterocycles. The Morgan fingerprint density at radius 3 is 1.81 bits per heavy atom. The van der Waals surface area contributed by atoms with Gasteiger partial charge in [0.05, 0.1) is 11.2 Å². The van der Waals surface area contributed by atoms with Crippen LogP contribution in [0.2, 0.25) is 5.31 Å². The van der Waals surface area contributed by atoms with Crippen molar-refractivity contribution < 1.29 is 9.31 Å². The maximum Gasteiger partial charge on any atom is 0.464 e. The molecule has 4 aliphatic rings. The third-order valence-electron chi connectivity index (χ3n) is 5.22. The zero-order valence-electron chi connectivity index (χ0n) is 10.6. The molecule has 0 radical (unpaired) electrons. The first-order chi connectivity index (χ1) is 7.24. The monoisotopic (exact) mass is 286 g/mol. The number of hydrogen-bond donors (Lipinski definition) is 0. The van der Waals surface area contributed by atoms with Crippen molar-refractivity contribution in [3.05, 3.63) is 0 Å². The fraction of sp³-hybridized carbons (Fsp3) is 1.00. The van der Waals surface area contributed by atoms with Crippen LogP contribution in [0.25, 0.3) is 0 Å². The molecule has 4 rings (SSSR count). The van der Waals surface area contributed by atoms with E-state index in [-0.39, 0.29) is 18.3 Å². The van der Waals surface area contributed by atoms with Crippen molar-refractivity contribution in [2.45, 2.75) is 63.5 Å². The van der Waals surface area contributed by atoms with E-state index in [1.165, 1.54) is 19.3 Å². The van der Waals surface area contributed by atoms with Gasteiger partial charge in [-0.1, -0.05) is 15.9 Å². The Morgan fingerprint density at radius 1 is 1.00 bits per heavy atom. The van der Waals surface area contributed by atoms with Crippen LogP contribution >= 0.6 is 15.9 Å². The highest BCUT2D eigenvalue weighted by Crippen LogP contribution is 2.81. The van der Waals surface area contributed by atoms with E-state index in [0.717, 1.165) is 5.33 Å². The maximum absolute atomic E-state index is 6.16. The van der Waals surface area contributed by atoms with Gasteiger partial charge >= 0.3 is 7.12 Å². The molecule has 0 atom stereocenters. The van der Waals surface area contributed by atoms with Gasteiger partial charge in [0.15, 0.2) is 0 Å². The number of halogens is 1. The van der Waals surface area contributed by atoms with Crippen LogP contribution in [0.5, 0.6) is 0 Å². The Morgan fingerprint density at radius 2 is 1.44 bits per heavy atom. The number of rotatable bonds is 2. The summed E-state index contributed by atoms with van der Waals surface area (Å²) in [7, 11) is 0.0263. The van der Waals surface area contributed by atoms with Crippen LogP contribution in [0.15, 0.2) is 0 Å². The van der Waals surface area contributed by atoms with E-state index < -0.39 is 0 Å². The van der Waals surface area contributed by atoms with Crippen molar-refractivity contribution in [2.24, 2.45) is 5.41 Å². The molecule has 4 fully saturated rings. The van der Waals surface area contributed by atoms with E-state index in [1.54, 1.807) is 0 Å².